The van der Waals surface area contributed by atoms with E-state index in [0.717, 1.165) is 12.1 Å². The Morgan fingerprint density at radius 1 is 0.628 bits per heavy atom. The van der Waals surface area contributed by atoms with Gasteiger partial charge in [0, 0.05) is 28.2 Å². The number of carbonyl (C=O) groups excluding carboxylic acids is 2. The van der Waals surface area contributed by atoms with Crippen LogP contribution in [0.5, 0.6) is 11.5 Å². The monoisotopic (exact) mass is 610 g/mol. The van der Waals surface area contributed by atoms with Crippen LogP contribution in [0.2, 0.25) is 0 Å². The fourth-order valence-electron chi connectivity index (χ4n) is 4.44. The van der Waals surface area contributed by atoms with Crippen molar-refractivity contribution in [1.82, 2.24) is 0 Å². The molecule has 43 heavy (non-hydrogen) atoms. The van der Waals surface area contributed by atoms with E-state index >= 15 is 0 Å². The third-order valence-electron chi connectivity index (χ3n) is 6.45. The molecule has 8 nitrogen and oxygen atoms in total. The smallest absolute Gasteiger partial charge is 0.411 e. The standard InChI is InChI=1S/C29H24F6N2O6/c1-36(2)19-15-17(9-11-21(19)42-25(38)23-7-5-13-40-23)27(28(30,31)32,29(33,34)35)18-10-12-22(20(16-18)37(3)4)43-26(39)24-8-6-14-41-24/h5-16H,1-4H3. The molecule has 0 radical (unpaired) electrons. The SMILES string of the molecule is CN(C)c1cc(C(c2ccc(OC(=O)c3ccco3)c(N(C)C)c2)(C(F)(F)F)C(F)(F)F)ccc1OC(=O)c1ccco1. The molecular weight excluding hydrogens is 586 g/mol. The van der Waals surface area contributed by atoms with Crippen molar-refractivity contribution in [2.24, 2.45) is 0 Å². The summed E-state index contributed by atoms with van der Waals surface area (Å²) in [5.41, 5.74) is -7.43. The summed E-state index contributed by atoms with van der Waals surface area (Å²) in [6.45, 7) is 0. The van der Waals surface area contributed by atoms with E-state index in [4.69, 9.17) is 18.3 Å². The number of nitrogens with zero attached hydrogens (tertiary/aromatic N) is 2. The number of hydrogen-bond acceptors (Lipinski definition) is 8. The molecule has 0 N–H and O–H groups in total. The molecule has 2 aromatic carbocycles. The van der Waals surface area contributed by atoms with Crippen LogP contribution in [0.15, 0.2) is 82.0 Å². The summed E-state index contributed by atoms with van der Waals surface area (Å²) in [5, 5.41) is 0. The van der Waals surface area contributed by atoms with Gasteiger partial charge in [-0.2, -0.15) is 26.3 Å². The molecule has 0 spiro atoms. The van der Waals surface area contributed by atoms with Crippen molar-refractivity contribution >= 4 is 23.3 Å². The molecule has 0 fully saturated rings. The fourth-order valence-corrected chi connectivity index (χ4v) is 4.44. The number of rotatable bonds is 8. The lowest BCUT2D eigenvalue weighted by molar-refractivity contribution is -0.288. The first-order valence-electron chi connectivity index (χ1n) is 12.4. The number of halogens is 6. The van der Waals surface area contributed by atoms with Crippen molar-refractivity contribution in [3.63, 3.8) is 0 Å². The van der Waals surface area contributed by atoms with Gasteiger partial charge in [-0.15, -0.1) is 0 Å². The number of carbonyl (C=O) groups is 2. The molecule has 4 rings (SSSR count). The van der Waals surface area contributed by atoms with Crippen molar-refractivity contribution < 1.29 is 54.2 Å². The van der Waals surface area contributed by atoms with E-state index in [9.17, 15) is 35.9 Å². The summed E-state index contributed by atoms with van der Waals surface area (Å²) >= 11 is 0. The summed E-state index contributed by atoms with van der Waals surface area (Å²) in [5.74, 6) is -3.07. The van der Waals surface area contributed by atoms with Gasteiger partial charge in [-0.05, 0) is 59.7 Å². The highest BCUT2D eigenvalue weighted by molar-refractivity contribution is 5.90. The Bertz CT molecular complexity index is 1470. The highest BCUT2D eigenvalue weighted by Gasteiger charge is 2.72. The van der Waals surface area contributed by atoms with Crippen LogP contribution >= 0.6 is 0 Å². The summed E-state index contributed by atoms with van der Waals surface area (Å²) in [6.07, 6.45) is -9.45. The number of benzene rings is 2. The van der Waals surface area contributed by atoms with Crippen LogP contribution in [0.3, 0.4) is 0 Å². The van der Waals surface area contributed by atoms with Gasteiger partial charge in [-0.1, -0.05) is 12.1 Å². The van der Waals surface area contributed by atoms with Gasteiger partial charge in [-0.3, -0.25) is 0 Å². The van der Waals surface area contributed by atoms with Crippen LogP contribution in [-0.4, -0.2) is 52.5 Å². The van der Waals surface area contributed by atoms with Crippen molar-refractivity contribution in [2.75, 3.05) is 38.0 Å². The summed E-state index contributed by atoms with van der Waals surface area (Å²) < 4.78 is 110. The van der Waals surface area contributed by atoms with Gasteiger partial charge in [0.1, 0.15) is 0 Å². The maximum atomic E-state index is 15.0. The molecule has 0 aliphatic rings. The lowest BCUT2D eigenvalue weighted by Crippen LogP contribution is -2.54. The number of hydrogen-bond donors (Lipinski definition) is 0. The minimum absolute atomic E-state index is 0.224. The van der Waals surface area contributed by atoms with Crippen LogP contribution in [0.25, 0.3) is 0 Å². The number of esters is 2. The van der Waals surface area contributed by atoms with E-state index < -0.39 is 40.8 Å². The Morgan fingerprint density at radius 3 is 1.28 bits per heavy atom. The Hall–Kier alpha value is -4.88. The van der Waals surface area contributed by atoms with Crippen LogP contribution in [0, 0.1) is 0 Å². The highest BCUT2D eigenvalue weighted by atomic mass is 19.4. The molecule has 0 aliphatic carbocycles. The van der Waals surface area contributed by atoms with Crippen molar-refractivity contribution in [1.29, 1.82) is 0 Å². The quantitative estimate of drug-likeness (QED) is 0.122. The first-order valence-corrected chi connectivity index (χ1v) is 12.4. The Balaban J connectivity index is 1.90. The Morgan fingerprint density at radius 2 is 1.00 bits per heavy atom. The summed E-state index contributed by atoms with van der Waals surface area (Å²) in [6, 6.07) is 9.58. The fraction of sp³-hybridized carbons (Fsp3) is 0.241. The first kappa shape index (κ1) is 31.1. The van der Waals surface area contributed by atoms with E-state index in [1.54, 1.807) is 0 Å². The third-order valence-corrected chi connectivity index (χ3v) is 6.45. The predicted octanol–water partition coefficient (Wildman–Crippen LogP) is 6.85. The van der Waals surface area contributed by atoms with Gasteiger partial charge in [0.2, 0.25) is 16.9 Å². The number of anilines is 2. The van der Waals surface area contributed by atoms with Crippen LogP contribution in [0.4, 0.5) is 37.7 Å². The van der Waals surface area contributed by atoms with Crippen molar-refractivity contribution in [2.45, 2.75) is 17.8 Å². The summed E-state index contributed by atoms with van der Waals surface area (Å²) in [4.78, 5) is 27.2. The molecule has 2 aromatic heterocycles. The molecule has 14 heteroatoms. The van der Waals surface area contributed by atoms with Crippen molar-refractivity contribution in [3.8, 4) is 11.5 Å². The second kappa shape index (κ2) is 11.4. The van der Waals surface area contributed by atoms with Crippen LogP contribution in [-0.2, 0) is 5.41 Å². The van der Waals surface area contributed by atoms with Gasteiger partial charge in [-0.25, -0.2) is 9.59 Å². The lowest BCUT2D eigenvalue weighted by atomic mass is 9.72. The number of alkyl halides is 6. The van der Waals surface area contributed by atoms with E-state index in [-0.39, 0.29) is 34.4 Å². The molecular formula is C29H24F6N2O6. The molecule has 228 valence electrons. The van der Waals surface area contributed by atoms with Gasteiger partial charge in [0.05, 0.1) is 23.9 Å². The molecule has 4 aromatic rings. The second-order valence-corrected chi connectivity index (χ2v) is 9.63. The molecule has 0 saturated carbocycles. The average molecular weight is 611 g/mol. The van der Waals surface area contributed by atoms with E-state index in [0.29, 0.717) is 24.3 Å². The number of furan rings is 2. The molecule has 0 saturated heterocycles. The van der Waals surface area contributed by atoms with Gasteiger partial charge < -0.3 is 28.1 Å². The van der Waals surface area contributed by atoms with Crippen molar-refractivity contribution in [3.05, 3.63) is 95.8 Å². The normalized spacial score (nSPS) is 12.1. The zero-order valence-corrected chi connectivity index (χ0v) is 23.0. The molecule has 2 heterocycles. The van der Waals surface area contributed by atoms with Gasteiger partial charge >= 0.3 is 24.3 Å². The molecule has 0 atom stereocenters. The average Bonchev–Trinajstić information content (AvgIpc) is 3.63. The largest absolute Gasteiger partial charge is 0.457 e. The van der Waals surface area contributed by atoms with Crippen LogP contribution in [0.1, 0.15) is 32.2 Å². The lowest BCUT2D eigenvalue weighted by Gasteiger charge is -2.39. The zero-order chi connectivity index (χ0) is 31.7. The van der Waals surface area contributed by atoms with Crippen LogP contribution < -0.4 is 19.3 Å². The topological polar surface area (TPSA) is 85.4 Å². The Labute approximate surface area is 241 Å². The minimum Gasteiger partial charge on any atom is -0.457 e. The minimum atomic E-state index is -5.92. The van der Waals surface area contributed by atoms with Gasteiger partial charge in [0.25, 0.3) is 0 Å². The maximum Gasteiger partial charge on any atom is 0.411 e. The molecule has 0 amide bonds. The van der Waals surface area contributed by atoms with Gasteiger partial charge in [0.15, 0.2) is 11.5 Å². The first-order chi connectivity index (χ1) is 20.1. The van der Waals surface area contributed by atoms with E-state index in [2.05, 4.69) is 0 Å². The Kier molecular flexibility index (Phi) is 8.25. The number of ether oxygens (including phenoxy) is 2. The molecule has 0 aliphatic heterocycles. The second-order valence-electron chi connectivity index (χ2n) is 9.63. The van der Waals surface area contributed by atoms with E-state index in [1.165, 1.54) is 74.8 Å². The predicted molar refractivity (Wildman–Crippen MR) is 142 cm³/mol. The zero-order valence-electron chi connectivity index (χ0n) is 23.0. The van der Waals surface area contributed by atoms with E-state index in [1.807, 2.05) is 0 Å². The molecule has 0 unspecified atom stereocenters. The molecule has 0 bridgehead atoms. The summed E-state index contributed by atoms with van der Waals surface area (Å²) in [7, 11) is 5.44. The highest BCUT2D eigenvalue weighted by Crippen LogP contribution is 2.57. The third kappa shape index (κ3) is 5.76. The maximum absolute atomic E-state index is 15.0.